The maximum Gasteiger partial charge on any atom is 0.309 e. The summed E-state index contributed by atoms with van der Waals surface area (Å²) in [7, 11) is 0. The van der Waals surface area contributed by atoms with Gasteiger partial charge in [-0.1, -0.05) is 25.0 Å². The molecule has 114 valence electrons. The summed E-state index contributed by atoms with van der Waals surface area (Å²) in [6.45, 7) is 0. The normalized spacial score (nSPS) is 53.1. The lowest BCUT2D eigenvalue weighted by atomic mass is 9.70. The first-order chi connectivity index (χ1) is 10.3. The Kier molecular flexibility index (Phi) is 2.79. The van der Waals surface area contributed by atoms with Gasteiger partial charge in [0.25, 0.3) is 0 Å². The molecule has 4 saturated carbocycles. The van der Waals surface area contributed by atoms with Crippen LogP contribution in [-0.2, 0) is 9.53 Å². The standard InChI is InChI=1S/C19H26O2/c20-19(16-8-11-5-6-12(16)7-11)21-18-10-13-9-17(18)15-4-2-1-3-14(13)15/h5-6,11-18H,1-4,7-10H2. The molecule has 5 aliphatic carbocycles. The van der Waals surface area contributed by atoms with Crippen molar-refractivity contribution in [3.05, 3.63) is 12.2 Å². The average Bonchev–Trinajstić information content (AvgIpc) is 3.27. The minimum atomic E-state index is 0.136. The number of ether oxygens (including phenoxy) is 1. The molecule has 0 saturated heterocycles. The number of rotatable bonds is 2. The van der Waals surface area contributed by atoms with E-state index in [1.54, 1.807) is 0 Å². The fourth-order valence-electron chi connectivity index (χ4n) is 6.60. The molecular weight excluding hydrogens is 260 g/mol. The Bertz CT molecular complexity index is 482. The molecule has 4 bridgehead atoms. The van der Waals surface area contributed by atoms with Gasteiger partial charge in [0.2, 0.25) is 0 Å². The molecule has 0 spiro atoms. The Hall–Kier alpha value is -0.790. The van der Waals surface area contributed by atoms with E-state index >= 15 is 0 Å². The van der Waals surface area contributed by atoms with Crippen molar-refractivity contribution in [2.45, 2.75) is 57.5 Å². The third-order valence-electron chi connectivity index (χ3n) is 7.47. The molecule has 21 heavy (non-hydrogen) atoms. The Morgan fingerprint density at radius 3 is 2.52 bits per heavy atom. The van der Waals surface area contributed by atoms with Gasteiger partial charge in [-0.2, -0.15) is 0 Å². The van der Waals surface area contributed by atoms with Crippen LogP contribution in [-0.4, -0.2) is 12.1 Å². The van der Waals surface area contributed by atoms with Crippen LogP contribution >= 0.6 is 0 Å². The molecule has 4 fully saturated rings. The first kappa shape index (κ1) is 12.7. The Labute approximate surface area is 127 Å². The zero-order chi connectivity index (χ0) is 14.0. The van der Waals surface area contributed by atoms with Gasteiger partial charge in [0.1, 0.15) is 6.10 Å². The van der Waals surface area contributed by atoms with E-state index in [-0.39, 0.29) is 18.0 Å². The Balaban J connectivity index is 1.26. The van der Waals surface area contributed by atoms with E-state index < -0.39 is 0 Å². The van der Waals surface area contributed by atoms with Gasteiger partial charge in [-0.05, 0) is 74.0 Å². The largest absolute Gasteiger partial charge is 0.462 e. The highest BCUT2D eigenvalue weighted by molar-refractivity contribution is 5.74. The summed E-state index contributed by atoms with van der Waals surface area (Å²) in [6.07, 6.45) is 15.3. The summed E-state index contributed by atoms with van der Waals surface area (Å²) >= 11 is 0. The minimum Gasteiger partial charge on any atom is -0.462 e. The molecule has 0 radical (unpaired) electrons. The highest BCUT2D eigenvalue weighted by Gasteiger charge is 2.54. The predicted octanol–water partition coefficient (Wildman–Crippen LogP) is 3.96. The van der Waals surface area contributed by atoms with Gasteiger partial charge in [0.15, 0.2) is 0 Å². The zero-order valence-corrected chi connectivity index (χ0v) is 12.7. The fourth-order valence-corrected chi connectivity index (χ4v) is 6.60. The number of allylic oxidation sites excluding steroid dienone is 2. The molecule has 5 aliphatic rings. The van der Waals surface area contributed by atoms with E-state index in [4.69, 9.17) is 4.74 Å². The highest BCUT2D eigenvalue weighted by atomic mass is 16.5. The number of carbonyl (C=O) groups is 1. The topological polar surface area (TPSA) is 26.3 Å². The van der Waals surface area contributed by atoms with Gasteiger partial charge in [0, 0.05) is 0 Å². The van der Waals surface area contributed by atoms with Crippen LogP contribution in [0.5, 0.6) is 0 Å². The molecular formula is C19H26O2. The first-order valence-electron chi connectivity index (χ1n) is 9.18. The van der Waals surface area contributed by atoms with Crippen LogP contribution in [0, 0.1) is 41.4 Å². The van der Waals surface area contributed by atoms with E-state index in [0.29, 0.717) is 17.8 Å². The second-order valence-electron chi connectivity index (χ2n) is 8.37. The third-order valence-corrected chi connectivity index (χ3v) is 7.47. The summed E-state index contributed by atoms with van der Waals surface area (Å²) in [6, 6.07) is 0. The highest BCUT2D eigenvalue weighted by Crippen LogP contribution is 2.58. The average molecular weight is 286 g/mol. The lowest BCUT2D eigenvalue weighted by Gasteiger charge is -2.38. The molecule has 0 aromatic carbocycles. The van der Waals surface area contributed by atoms with Crippen LogP contribution in [0.15, 0.2) is 12.2 Å². The summed E-state index contributed by atoms with van der Waals surface area (Å²) in [4.78, 5) is 12.6. The van der Waals surface area contributed by atoms with Gasteiger partial charge >= 0.3 is 5.97 Å². The number of hydrogen-bond acceptors (Lipinski definition) is 2. The maximum absolute atomic E-state index is 12.6. The Morgan fingerprint density at radius 1 is 0.905 bits per heavy atom. The van der Waals surface area contributed by atoms with Crippen molar-refractivity contribution in [2.24, 2.45) is 41.4 Å². The quantitative estimate of drug-likeness (QED) is 0.567. The van der Waals surface area contributed by atoms with Crippen molar-refractivity contribution in [1.82, 2.24) is 0 Å². The molecule has 8 unspecified atom stereocenters. The monoisotopic (exact) mass is 286 g/mol. The molecule has 0 amide bonds. The summed E-state index contributed by atoms with van der Waals surface area (Å²) in [5.41, 5.74) is 0. The summed E-state index contributed by atoms with van der Waals surface area (Å²) < 4.78 is 6.06. The van der Waals surface area contributed by atoms with E-state index in [2.05, 4.69) is 12.2 Å². The molecule has 0 N–H and O–H groups in total. The van der Waals surface area contributed by atoms with Crippen molar-refractivity contribution in [3.8, 4) is 0 Å². The van der Waals surface area contributed by atoms with Crippen molar-refractivity contribution < 1.29 is 9.53 Å². The predicted molar refractivity (Wildman–Crippen MR) is 80.4 cm³/mol. The van der Waals surface area contributed by atoms with E-state index in [1.165, 1.54) is 44.9 Å². The van der Waals surface area contributed by atoms with Crippen LogP contribution in [0.25, 0.3) is 0 Å². The molecule has 2 heteroatoms. The van der Waals surface area contributed by atoms with Gasteiger partial charge < -0.3 is 4.74 Å². The third kappa shape index (κ3) is 1.87. The van der Waals surface area contributed by atoms with Crippen LogP contribution in [0.1, 0.15) is 51.4 Å². The minimum absolute atomic E-state index is 0.136. The smallest absolute Gasteiger partial charge is 0.309 e. The van der Waals surface area contributed by atoms with Crippen molar-refractivity contribution in [1.29, 1.82) is 0 Å². The lowest BCUT2D eigenvalue weighted by molar-refractivity contribution is -0.159. The molecule has 5 rings (SSSR count). The van der Waals surface area contributed by atoms with Crippen LogP contribution in [0.4, 0.5) is 0 Å². The van der Waals surface area contributed by atoms with Crippen LogP contribution in [0.3, 0.4) is 0 Å². The van der Waals surface area contributed by atoms with Gasteiger partial charge in [-0.15, -0.1) is 0 Å². The second-order valence-corrected chi connectivity index (χ2v) is 8.37. The number of hydrogen-bond donors (Lipinski definition) is 0. The summed E-state index contributed by atoms with van der Waals surface area (Å²) in [5, 5.41) is 0. The summed E-state index contributed by atoms with van der Waals surface area (Å²) in [5.74, 6) is 4.91. The van der Waals surface area contributed by atoms with Crippen molar-refractivity contribution in [2.75, 3.05) is 0 Å². The maximum atomic E-state index is 12.6. The number of fused-ring (bicyclic) bond motifs is 7. The molecule has 0 aromatic rings. The van der Waals surface area contributed by atoms with Gasteiger partial charge in [0.05, 0.1) is 5.92 Å². The van der Waals surface area contributed by atoms with E-state index in [0.717, 1.165) is 24.2 Å². The SMILES string of the molecule is O=C(OC1CC2CC1C1CCCCC21)C1CC2C=CC1C2. The van der Waals surface area contributed by atoms with Crippen LogP contribution < -0.4 is 0 Å². The van der Waals surface area contributed by atoms with E-state index in [1.807, 2.05) is 0 Å². The molecule has 2 nitrogen and oxygen atoms in total. The van der Waals surface area contributed by atoms with Gasteiger partial charge in [-0.3, -0.25) is 4.79 Å². The first-order valence-corrected chi connectivity index (χ1v) is 9.18. The number of esters is 1. The lowest BCUT2D eigenvalue weighted by Crippen LogP contribution is -2.37. The molecule has 0 aliphatic heterocycles. The number of carbonyl (C=O) groups excluding carboxylic acids is 1. The van der Waals surface area contributed by atoms with E-state index in [9.17, 15) is 4.79 Å². The Morgan fingerprint density at radius 2 is 1.76 bits per heavy atom. The fraction of sp³-hybridized carbons (Fsp3) is 0.842. The van der Waals surface area contributed by atoms with Gasteiger partial charge in [-0.25, -0.2) is 0 Å². The van der Waals surface area contributed by atoms with Crippen molar-refractivity contribution >= 4 is 5.97 Å². The van der Waals surface area contributed by atoms with Crippen molar-refractivity contribution in [3.63, 3.8) is 0 Å². The van der Waals surface area contributed by atoms with Crippen LogP contribution in [0.2, 0.25) is 0 Å². The molecule has 0 heterocycles. The zero-order valence-electron chi connectivity index (χ0n) is 12.7. The second kappa shape index (κ2) is 4.60. The molecule has 8 atom stereocenters. The molecule has 0 aromatic heterocycles.